The zero-order valence-corrected chi connectivity index (χ0v) is 16.2. The second kappa shape index (κ2) is 8.23. The van der Waals surface area contributed by atoms with Crippen molar-refractivity contribution in [3.05, 3.63) is 52.3 Å². The van der Waals surface area contributed by atoms with Crippen LogP contribution in [0, 0.1) is 12.3 Å². The predicted octanol–water partition coefficient (Wildman–Crippen LogP) is 3.76. The lowest BCUT2D eigenvalue weighted by atomic mass is 9.75. The third-order valence-electron chi connectivity index (χ3n) is 4.94. The highest BCUT2D eigenvalue weighted by molar-refractivity contribution is 6.30. The molecule has 140 valence electrons. The van der Waals surface area contributed by atoms with Crippen molar-refractivity contribution in [3.63, 3.8) is 0 Å². The molecule has 0 spiro atoms. The molecule has 1 N–H and O–H groups in total. The molecule has 2 aromatic rings. The highest BCUT2D eigenvalue weighted by Crippen LogP contribution is 2.36. The van der Waals surface area contributed by atoms with Gasteiger partial charge in [0.15, 0.2) is 0 Å². The molecule has 2 heterocycles. The van der Waals surface area contributed by atoms with E-state index in [-0.39, 0.29) is 5.97 Å². The van der Waals surface area contributed by atoms with Crippen LogP contribution in [-0.2, 0) is 22.5 Å². The largest absolute Gasteiger partial charge is 0.466 e. The maximum atomic E-state index is 12.9. The average molecular weight is 376 g/mol. The second-order valence-electron chi connectivity index (χ2n) is 7.16. The summed E-state index contributed by atoms with van der Waals surface area (Å²) in [5, 5.41) is 8.01. The molecule has 1 aliphatic heterocycles. The van der Waals surface area contributed by atoms with Gasteiger partial charge in [-0.15, -0.1) is 0 Å². The van der Waals surface area contributed by atoms with Gasteiger partial charge in [0.1, 0.15) is 0 Å². The van der Waals surface area contributed by atoms with E-state index in [4.69, 9.17) is 16.3 Å². The van der Waals surface area contributed by atoms with E-state index in [9.17, 15) is 4.79 Å². The van der Waals surface area contributed by atoms with Gasteiger partial charge in [0, 0.05) is 23.8 Å². The van der Waals surface area contributed by atoms with Crippen LogP contribution in [0.4, 0.5) is 0 Å². The summed E-state index contributed by atoms with van der Waals surface area (Å²) in [6, 6.07) is 9.82. The number of piperidine rings is 1. The minimum atomic E-state index is -0.537. The molecule has 1 atom stereocenters. The Morgan fingerprint density at radius 1 is 1.42 bits per heavy atom. The van der Waals surface area contributed by atoms with Gasteiger partial charge in [0.25, 0.3) is 0 Å². The Labute approximate surface area is 159 Å². The molecular formula is C20H26ClN3O2. The number of carbonyl (C=O) groups excluding carboxylic acids is 1. The molecule has 26 heavy (non-hydrogen) atoms. The number of H-pyrrole nitrogens is 1. The van der Waals surface area contributed by atoms with Crippen LogP contribution >= 0.6 is 11.6 Å². The number of hydrogen-bond donors (Lipinski definition) is 1. The predicted molar refractivity (Wildman–Crippen MR) is 102 cm³/mol. The molecule has 1 aromatic heterocycles. The van der Waals surface area contributed by atoms with Crippen LogP contribution in [0.5, 0.6) is 0 Å². The number of likely N-dealkylation sites (tertiary alicyclic amines) is 1. The van der Waals surface area contributed by atoms with E-state index in [2.05, 4.69) is 21.2 Å². The monoisotopic (exact) mass is 375 g/mol. The number of aromatic nitrogens is 2. The molecule has 5 nitrogen and oxygen atoms in total. The van der Waals surface area contributed by atoms with E-state index in [0.29, 0.717) is 24.6 Å². The second-order valence-corrected chi connectivity index (χ2v) is 7.60. The lowest BCUT2D eigenvalue weighted by Gasteiger charge is -2.41. The molecule has 1 saturated heterocycles. The number of aryl methyl sites for hydroxylation is 1. The van der Waals surface area contributed by atoms with Crippen LogP contribution in [0.15, 0.2) is 30.3 Å². The van der Waals surface area contributed by atoms with Crippen molar-refractivity contribution < 1.29 is 9.53 Å². The van der Waals surface area contributed by atoms with E-state index in [1.807, 2.05) is 38.1 Å². The first-order valence-corrected chi connectivity index (χ1v) is 9.53. The smallest absolute Gasteiger partial charge is 0.313 e. The fourth-order valence-corrected chi connectivity index (χ4v) is 4.06. The average Bonchev–Trinajstić information content (AvgIpc) is 3.00. The van der Waals surface area contributed by atoms with Crippen LogP contribution in [0.1, 0.15) is 36.7 Å². The third kappa shape index (κ3) is 4.46. The maximum Gasteiger partial charge on any atom is 0.313 e. The highest BCUT2D eigenvalue weighted by Gasteiger charge is 2.43. The fourth-order valence-electron chi connectivity index (χ4n) is 3.85. The number of rotatable bonds is 6. The summed E-state index contributed by atoms with van der Waals surface area (Å²) in [5.74, 6) is -0.108. The van der Waals surface area contributed by atoms with Gasteiger partial charge in [-0.05, 0) is 63.4 Å². The summed E-state index contributed by atoms with van der Waals surface area (Å²) in [5.41, 5.74) is 2.59. The van der Waals surface area contributed by atoms with E-state index in [0.717, 1.165) is 42.9 Å². The van der Waals surface area contributed by atoms with Gasteiger partial charge >= 0.3 is 5.97 Å². The van der Waals surface area contributed by atoms with E-state index >= 15 is 0 Å². The Hall–Kier alpha value is -1.85. The summed E-state index contributed by atoms with van der Waals surface area (Å²) < 4.78 is 5.47. The number of halogens is 1. The first-order chi connectivity index (χ1) is 12.5. The quantitative estimate of drug-likeness (QED) is 0.781. The van der Waals surface area contributed by atoms with Crippen LogP contribution in [0.25, 0.3) is 0 Å². The van der Waals surface area contributed by atoms with Gasteiger partial charge in [0.2, 0.25) is 0 Å². The van der Waals surface area contributed by atoms with Gasteiger partial charge in [-0.25, -0.2) is 0 Å². The van der Waals surface area contributed by atoms with E-state index in [1.165, 1.54) is 0 Å². The lowest BCUT2D eigenvalue weighted by Crippen LogP contribution is -2.49. The molecule has 1 fully saturated rings. The number of hydrogen-bond acceptors (Lipinski definition) is 4. The molecule has 0 radical (unpaired) electrons. The molecule has 3 rings (SSSR count). The number of ether oxygens (including phenoxy) is 1. The number of benzene rings is 1. The summed E-state index contributed by atoms with van der Waals surface area (Å²) in [7, 11) is 0. The molecule has 1 unspecified atom stereocenters. The van der Waals surface area contributed by atoms with Crippen molar-refractivity contribution in [2.45, 2.75) is 39.7 Å². The SMILES string of the molecule is CCOC(=O)C1(Cc2cccc(Cl)c2)CCCN(Cc2cc(C)[nH]n2)C1. The van der Waals surface area contributed by atoms with Gasteiger partial charge in [0.05, 0.1) is 17.7 Å². The first-order valence-electron chi connectivity index (χ1n) is 9.16. The number of carbonyl (C=O) groups is 1. The summed E-state index contributed by atoms with van der Waals surface area (Å²) in [4.78, 5) is 15.2. The Bertz CT molecular complexity index is 761. The van der Waals surface area contributed by atoms with Crippen molar-refractivity contribution in [2.75, 3.05) is 19.7 Å². The first kappa shape index (κ1) is 18.9. The molecule has 0 amide bonds. The number of nitrogens with zero attached hydrogens (tertiary/aromatic N) is 2. The summed E-state index contributed by atoms with van der Waals surface area (Å²) >= 11 is 6.15. The Balaban J connectivity index is 1.81. The summed E-state index contributed by atoms with van der Waals surface area (Å²) in [6.45, 7) is 6.62. The molecular weight excluding hydrogens is 350 g/mol. The highest BCUT2D eigenvalue weighted by atomic mass is 35.5. The topological polar surface area (TPSA) is 58.2 Å². The van der Waals surface area contributed by atoms with Crippen molar-refractivity contribution in [2.24, 2.45) is 5.41 Å². The Kier molecular flexibility index (Phi) is 5.99. The van der Waals surface area contributed by atoms with E-state index in [1.54, 1.807) is 0 Å². The van der Waals surface area contributed by atoms with Crippen LogP contribution < -0.4 is 0 Å². The van der Waals surface area contributed by atoms with Gasteiger partial charge in [-0.3, -0.25) is 14.8 Å². The standard InChI is InChI=1S/C20H26ClN3O2/c1-3-26-19(25)20(12-16-6-4-7-17(21)11-16)8-5-9-24(14-20)13-18-10-15(2)22-23-18/h4,6-7,10-11H,3,5,8-9,12-14H2,1-2H3,(H,22,23). The molecule has 1 aliphatic rings. The Morgan fingerprint density at radius 2 is 2.27 bits per heavy atom. The third-order valence-corrected chi connectivity index (χ3v) is 5.18. The van der Waals surface area contributed by atoms with Crippen LogP contribution in [-0.4, -0.2) is 40.8 Å². The molecule has 0 bridgehead atoms. The maximum absolute atomic E-state index is 12.9. The normalized spacial score (nSPS) is 20.9. The number of aromatic amines is 1. The molecule has 0 saturated carbocycles. The van der Waals surface area contributed by atoms with Crippen LogP contribution in [0.3, 0.4) is 0 Å². The zero-order chi connectivity index (χ0) is 18.6. The van der Waals surface area contributed by atoms with Crippen molar-refractivity contribution >= 4 is 17.6 Å². The summed E-state index contributed by atoms with van der Waals surface area (Å²) in [6.07, 6.45) is 2.43. The van der Waals surface area contributed by atoms with Crippen molar-refractivity contribution in [1.82, 2.24) is 15.1 Å². The van der Waals surface area contributed by atoms with E-state index < -0.39 is 5.41 Å². The number of esters is 1. The lowest BCUT2D eigenvalue weighted by molar-refractivity contribution is -0.159. The van der Waals surface area contributed by atoms with Gasteiger partial charge in [-0.2, -0.15) is 5.10 Å². The zero-order valence-electron chi connectivity index (χ0n) is 15.4. The van der Waals surface area contributed by atoms with Gasteiger partial charge in [-0.1, -0.05) is 23.7 Å². The minimum absolute atomic E-state index is 0.108. The van der Waals surface area contributed by atoms with Gasteiger partial charge < -0.3 is 4.74 Å². The minimum Gasteiger partial charge on any atom is -0.466 e. The van der Waals surface area contributed by atoms with Crippen LogP contribution in [0.2, 0.25) is 5.02 Å². The molecule has 6 heteroatoms. The fraction of sp³-hybridized carbons (Fsp3) is 0.500. The van der Waals surface area contributed by atoms with Crippen molar-refractivity contribution in [1.29, 1.82) is 0 Å². The molecule has 0 aliphatic carbocycles. The van der Waals surface area contributed by atoms with Crippen molar-refractivity contribution in [3.8, 4) is 0 Å². The number of nitrogens with one attached hydrogen (secondary N) is 1. The molecule has 1 aromatic carbocycles. The Morgan fingerprint density at radius 3 is 2.96 bits per heavy atom.